The maximum Gasteiger partial charge on any atom is 0.193 e. The number of thiazole rings is 1. The first-order valence-corrected chi connectivity index (χ1v) is 10.3. The first kappa shape index (κ1) is 20.5. The van der Waals surface area contributed by atoms with E-state index in [0.717, 1.165) is 62.2 Å². The second-order valence-corrected chi connectivity index (χ2v) is 8.14. The first-order chi connectivity index (χ1) is 13.6. The summed E-state index contributed by atoms with van der Waals surface area (Å²) in [6, 6.07) is 5.18. The van der Waals surface area contributed by atoms with Gasteiger partial charge in [0.2, 0.25) is 0 Å². The number of aromatic nitrogens is 1. The smallest absolute Gasteiger partial charge is 0.193 e. The van der Waals surface area contributed by atoms with E-state index in [1.807, 2.05) is 19.3 Å². The summed E-state index contributed by atoms with van der Waals surface area (Å²) in [7, 11) is 3.30. The molecule has 0 unspecified atom stereocenters. The van der Waals surface area contributed by atoms with Gasteiger partial charge < -0.3 is 15.0 Å². The van der Waals surface area contributed by atoms with Crippen LogP contribution in [0.25, 0.3) is 0 Å². The molecule has 3 rings (SSSR count). The van der Waals surface area contributed by atoms with Gasteiger partial charge in [0.15, 0.2) is 17.5 Å². The lowest BCUT2D eigenvalue weighted by atomic mass is 10.2. The van der Waals surface area contributed by atoms with Gasteiger partial charge >= 0.3 is 0 Å². The molecule has 0 aliphatic carbocycles. The number of guanidine groups is 1. The van der Waals surface area contributed by atoms with Gasteiger partial charge in [0.05, 0.1) is 12.1 Å². The van der Waals surface area contributed by atoms with Crippen molar-refractivity contribution in [3.05, 3.63) is 45.7 Å². The van der Waals surface area contributed by atoms with Gasteiger partial charge in [-0.1, -0.05) is 6.07 Å². The zero-order valence-electron chi connectivity index (χ0n) is 16.7. The number of benzene rings is 1. The van der Waals surface area contributed by atoms with E-state index < -0.39 is 0 Å². The lowest BCUT2D eigenvalue weighted by Gasteiger charge is -2.36. The minimum Gasteiger partial charge on any atom is -0.494 e. The monoisotopic (exact) mass is 405 g/mol. The van der Waals surface area contributed by atoms with Gasteiger partial charge in [-0.15, -0.1) is 11.3 Å². The van der Waals surface area contributed by atoms with E-state index in [-0.39, 0.29) is 11.6 Å². The van der Waals surface area contributed by atoms with Crippen LogP contribution in [0.4, 0.5) is 4.39 Å². The number of aryl methyl sites for hydroxylation is 1. The lowest BCUT2D eigenvalue weighted by molar-refractivity contribution is 0.172. The molecule has 8 heteroatoms. The molecule has 28 heavy (non-hydrogen) atoms. The van der Waals surface area contributed by atoms with Crippen LogP contribution in [0.3, 0.4) is 0 Å². The molecule has 0 atom stereocenters. The predicted octanol–water partition coefficient (Wildman–Crippen LogP) is 2.53. The van der Waals surface area contributed by atoms with Crippen LogP contribution in [0.2, 0.25) is 0 Å². The molecule has 2 aromatic rings. The van der Waals surface area contributed by atoms with Crippen LogP contribution in [-0.2, 0) is 13.0 Å². The molecule has 1 aromatic heterocycles. The lowest BCUT2D eigenvalue weighted by Crippen LogP contribution is -2.52. The van der Waals surface area contributed by atoms with Crippen LogP contribution in [0, 0.1) is 12.7 Å². The maximum atomic E-state index is 13.9. The highest BCUT2D eigenvalue weighted by atomic mass is 32.1. The van der Waals surface area contributed by atoms with Crippen molar-refractivity contribution in [3.8, 4) is 5.75 Å². The van der Waals surface area contributed by atoms with Crippen LogP contribution in [0.5, 0.6) is 5.75 Å². The van der Waals surface area contributed by atoms with Crippen molar-refractivity contribution in [2.75, 3.05) is 46.9 Å². The quantitative estimate of drug-likeness (QED) is 0.591. The Bertz CT molecular complexity index is 802. The van der Waals surface area contributed by atoms with Crippen molar-refractivity contribution in [1.29, 1.82) is 0 Å². The fraction of sp³-hybridized carbons (Fsp3) is 0.500. The fourth-order valence-electron chi connectivity index (χ4n) is 3.31. The normalized spacial score (nSPS) is 15.7. The minimum atomic E-state index is -0.307. The van der Waals surface area contributed by atoms with E-state index in [9.17, 15) is 4.39 Å². The van der Waals surface area contributed by atoms with Crippen molar-refractivity contribution >= 4 is 17.3 Å². The van der Waals surface area contributed by atoms with Crippen LogP contribution in [-0.4, -0.2) is 67.6 Å². The van der Waals surface area contributed by atoms with Crippen LogP contribution in [0.1, 0.15) is 15.4 Å². The molecular formula is C20H28FN5OS. The number of halogens is 1. The number of ether oxygens (including phenoxy) is 1. The zero-order valence-corrected chi connectivity index (χ0v) is 17.6. The summed E-state index contributed by atoms with van der Waals surface area (Å²) in [6.07, 6.45) is 2.82. The number of aliphatic imine (C=N–C) groups is 1. The Morgan fingerprint density at radius 3 is 2.71 bits per heavy atom. The van der Waals surface area contributed by atoms with E-state index in [4.69, 9.17) is 4.74 Å². The molecular weight excluding hydrogens is 377 g/mol. The zero-order chi connectivity index (χ0) is 19.9. The van der Waals surface area contributed by atoms with Crippen LogP contribution in [0.15, 0.2) is 29.4 Å². The highest BCUT2D eigenvalue weighted by Gasteiger charge is 2.20. The Morgan fingerprint density at radius 2 is 2.11 bits per heavy atom. The molecule has 152 valence electrons. The third-order valence-electron chi connectivity index (χ3n) is 4.80. The second-order valence-electron chi connectivity index (χ2n) is 6.82. The number of rotatable bonds is 6. The van der Waals surface area contributed by atoms with E-state index in [1.54, 1.807) is 23.5 Å². The third kappa shape index (κ3) is 5.42. The number of methoxy groups -OCH3 is 1. The van der Waals surface area contributed by atoms with Crippen LogP contribution >= 0.6 is 11.3 Å². The van der Waals surface area contributed by atoms with Gasteiger partial charge in [0.1, 0.15) is 0 Å². The summed E-state index contributed by atoms with van der Waals surface area (Å²) in [4.78, 5) is 14.7. The summed E-state index contributed by atoms with van der Waals surface area (Å²) in [5.74, 6) is 0.915. The Balaban J connectivity index is 1.44. The molecule has 0 radical (unpaired) electrons. The topological polar surface area (TPSA) is 53.0 Å². The summed E-state index contributed by atoms with van der Waals surface area (Å²) in [5, 5.41) is 4.59. The van der Waals surface area contributed by atoms with E-state index in [1.165, 1.54) is 12.0 Å². The first-order valence-electron chi connectivity index (χ1n) is 9.50. The maximum absolute atomic E-state index is 13.9. The van der Waals surface area contributed by atoms with Crippen LogP contribution < -0.4 is 10.1 Å². The largest absolute Gasteiger partial charge is 0.494 e. The van der Waals surface area contributed by atoms with E-state index in [2.05, 4.69) is 32.0 Å². The molecule has 0 spiro atoms. The number of piperazine rings is 1. The van der Waals surface area contributed by atoms with Gasteiger partial charge in [-0.25, -0.2) is 9.37 Å². The van der Waals surface area contributed by atoms with E-state index >= 15 is 0 Å². The minimum absolute atomic E-state index is 0.288. The Morgan fingerprint density at radius 1 is 1.32 bits per heavy atom. The average Bonchev–Trinajstić information content (AvgIpc) is 3.11. The van der Waals surface area contributed by atoms with Crippen molar-refractivity contribution in [2.24, 2.45) is 4.99 Å². The van der Waals surface area contributed by atoms with Crippen molar-refractivity contribution in [3.63, 3.8) is 0 Å². The molecule has 1 aliphatic rings. The second kappa shape index (κ2) is 9.84. The highest BCUT2D eigenvalue weighted by Crippen LogP contribution is 2.19. The highest BCUT2D eigenvalue weighted by molar-refractivity contribution is 7.11. The Labute approximate surface area is 170 Å². The summed E-state index contributed by atoms with van der Waals surface area (Å²) in [5.41, 5.74) is 0.966. The van der Waals surface area contributed by atoms with E-state index in [0.29, 0.717) is 0 Å². The van der Waals surface area contributed by atoms with Gasteiger partial charge in [-0.3, -0.25) is 9.89 Å². The molecule has 1 fully saturated rings. The predicted molar refractivity (Wildman–Crippen MR) is 112 cm³/mol. The van der Waals surface area contributed by atoms with Crippen molar-refractivity contribution in [1.82, 2.24) is 20.1 Å². The summed E-state index contributed by atoms with van der Waals surface area (Å²) < 4.78 is 18.9. The Hall–Kier alpha value is -2.19. The van der Waals surface area contributed by atoms with Gasteiger partial charge in [-0.05, 0) is 24.6 Å². The number of hydrogen-bond acceptors (Lipinski definition) is 5. The SMILES string of the molecule is CN=C(NCCc1ncc(C)s1)N1CCN(Cc2ccc(OC)c(F)c2)CC1. The molecule has 1 aromatic carbocycles. The van der Waals surface area contributed by atoms with Crippen molar-refractivity contribution < 1.29 is 9.13 Å². The molecule has 0 saturated carbocycles. The Kier molecular flexibility index (Phi) is 7.22. The molecule has 6 nitrogen and oxygen atoms in total. The third-order valence-corrected chi connectivity index (χ3v) is 5.77. The standard InChI is InChI=1S/C20H28FN5OS/c1-15-13-24-19(28-15)6-7-23-20(22-2)26-10-8-25(9-11-26)14-16-4-5-18(27-3)17(21)12-16/h4-5,12-13H,6-11,14H2,1-3H3,(H,22,23). The van der Waals surface area contributed by atoms with Gasteiger partial charge in [0, 0.05) is 63.8 Å². The molecule has 0 bridgehead atoms. The molecule has 0 amide bonds. The molecule has 1 N–H and O–H groups in total. The molecule has 1 saturated heterocycles. The summed E-state index contributed by atoms with van der Waals surface area (Å²) in [6.45, 7) is 7.27. The number of hydrogen-bond donors (Lipinski definition) is 1. The fourth-order valence-corrected chi connectivity index (χ4v) is 4.10. The van der Waals surface area contributed by atoms with Gasteiger partial charge in [-0.2, -0.15) is 0 Å². The number of nitrogens with one attached hydrogen (secondary N) is 1. The average molecular weight is 406 g/mol. The molecule has 2 heterocycles. The molecule has 1 aliphatic heterocycles. The number of nitrogens with zero attached hydrogens (tertiary/aromatic N) is 4. The van der Waals surface area contributed by atoms with Gasteiger partial charge in [0.25, 0.3) is 0 Å². The summed E-state index contributed by atoms with van der Waals surface area (Å²) >= 11 is 1.74. The van der Waals surface area contributed by atoms with Crippen molar-refractivity contribution in [2.45, 2.75) is 19.9 Å².